The number of allylic oxidation sites excluding steroid dienone is 1. The van der Waals surface area contributed by atoms with Crippen molar-refractivity contribution in [1.82, 2.24) is 0 Å². The number of hydrogen-bond donors (Lipinski definition) is 1. The molecule has 2 rings (SSSR count). The van der Waals surface area contributed by atoms with E-state index in [1.807, 2.05) is 6.07 Å². The van der Waals surface area contributed by atoms with Crippen LogP contribution in [-0.2, 0) is 0 Å². The molecule has 0 bridgehead atoms. The van der Waals surface area contributed by atoms with Gasteiger partial charge in [-0.05, 0) is 23.1 Å². The van der Waals surface area contributed by atoms with Crippen LogP contribution in [0.2, 0.25) is 0 Å². The van der Waals surface area contributed by atoms with E-state index in [4.69, 9.17) is 0 Å². The van der Waals surface area contributed by atoms with E-state index < -0.39 is 0 Å². The van der Waals surface area contributed by atoms with E-state index >= 15 is 0 Å². The zero-order valence-electron chi connectivity index (χ0n) is 9.93. The highest BCUT2D eigenvalue weighted by Crippen LogP contribution is 2.24. The zero-order chi connectivity index (χ0) is 12.1. The highest BCUT2D eigenvalue weighted by molar-refractivity contribution is 7.90. The van der Waals surface area contributed by atoms with Crippen LogP contribution in [0.5, 0.6) is 0 Å². The number of rotatable bonds is 3. The molecule has 0 heterocycles. The second-order valence-electron chi connectivity index (χ2n) is 3.94. The maximum Gasteiger partial charge on any atom is 0.00724 e. The number of hydrogen-bond acceptors (Lipinski definition) is 1. The monoisotopic (exact) mass is 240 g/mol. The van der Waals surface area contributed by atoms with E-state index in [9.17, 15) is 0 Å². The Hall–Kier alpha value is -1.47. The van der Waals surface area contributed by atoms with Crippen LogP contribution in [0.1, 0.15) is 18.9 Å². The molecule has 2 aromatic carbocycles. The van der Waals surface area contributed by atoms with Gasteiger partial charge in [-0.2, -0.15) is 0 Å². The van der Waals surface area contributed by atoms with Crippen LogP contribution in [-0.4, -0.2) is 0 Å². The van der Waals surface area contributed by atoms with Gasteiger partial charge in [-0.25, -0.2) is 0 Å². The van der Waals surface area contributed by atoms with E-state index in [2.05, 4.69) is 74.2 Å². The highest BCUT2D eigenvalue weighted by Gasteiger charge is 1.98. The summed E-state index contributed by atoms with van der Waals surface area (Å²) in [5, 5.41) is 0. The zero-order valence-corrected chi connectivity index (χ0v) is 10.8. The largest absolute Gasteiger partial charge is 0.143 e. The summed E-state index contributed by atoms with van der Waals surface area (Å²) in [6, 6.07) is 18.9. The first-order valence-corrected chi connectivity index (χ1v) is 6.31. The smallest absolute Gasteiger partial charge is 0.00724 e. The lowest BCUT2D eigenvalue weighted by molar-refractivity contribution is 1.23. The Kier molecular flexibility index (Phi) is 4.05. The summed E-state index contributed by atoms with van der Waals surface area (Å²) in [4.78, 5) is 1.05. The molecule has 0 atom stereocenters. The maximum absolute atomic E-state index is 4.48. The number of benzene rings is 2. The third kappa shape index (κ3) is 3.01. The summed E-state index contributed by atoms with van der Waals surface area (Å²) < 4.78 is 0. The summed E-state index contributed by atoms with van der Waals surface area (Å²) in [6.45, 7) is 2.12. The first-order valence-electron chi connectivity index (χ1n) is 5.86. The van der Waals surface area contributed by atoms with Crippen LogP contribution >= 0.6 is 12.6 Å². The highest BCUT2D eigenvalue weighted by atomic mass is 32.1. The molecule has 0 aliphatic carbocycles. The Morgan fingerprint density at radius 3 is 2.12 bits per heavy atom. The van der Waals surface area contributed by atoms with Crippen molar-refractivity contribution >= 4 is 17.5 Å². The molecule has 0 fully saturated rings. The van der Waals surface area contributed by atoms with Crippen LogP contribution in [0.15, 0.2) is 60.7 Å². The van der Waals surface area contributed by atoms with Crippen molar-refractivity contribution in [3.63, 3.8) is 0 Å². The molecule has 0 saturated carbocycles. The van der Waals surface area contributed by atoms with Crippen molar-refractivity contribution in [3.8, 4) is 11.1 Å². The fourth-order valence-corrected chi connectivity index (χ4v) is 2.11. The lowest BCUT2D eigenvalue weighted by atomic mass is 10.0. The predicted molar refractivity (Wildman–Crippen MR) is 79.1 cm³/mol. The van der Waals surface area contributed by atoms with Crippen molar-refractivity contribution < 1.29 is 0 Å². The summed E-state index contributed by atoms with van der Waals surface area (Å²) in [5.74, 6) is 0. The lowest BCUT2D eigenvalue weighted by Gasteiger charge is -2.04. The van der Waals surface area contributed by atoms with Gasteiger partial charge in [0.1, 0.15) is 0 Å². The van der Waals surface area contributed by atoms with Gasteiger partial charge in [0, 0.05) is 4.91 Å². The minimum absolute atomic E-state index is 1.01. The normalized spacial score (nSPS) is 11.5. The van der Waals surface area contributed by atoms with E-state index in [-0.39, 0.29) is 0 Å². The Balaban J connectivity index is 2.28. The van der Waals surface area contributed by atoms with Gasteiger partial charge in [0.15, 0.2) is 0 Å². The van der Waals surface area contributed by atoms with Crippen molar-refractivity contribution in [3.05, 3.63) is 66.2 Å². The summed E-state index contributed by atoms with van der Waals surface area (Å²) in [7, 11) is 0. The molecule has 86 valence electrons. The topological polar surface area (TPSA) is 0 Å². The molecule has 17 heavy (non-hydrogen) atoms. The molecule has 2 aromatic rings. The van der Waals surface area contributed by atoms with Crippen LogP contribution in [0.25, 0.3) is 16.0 Å². The van der Waals surface area contributed by atoms with Gasteiger partial charge in [-0.3, -0.25) is 0 Å². The lowest BCUT2D eigenvalue weighted by Crippen LogP contribution is -1.80. The first kappa shape index (κ1) is 12.0. The van der Waals surface area contributed by atoms with E-state index in [1.54, 1.807) is 0 Å². The molecule has 0 aliphatic rings. The third-order valence-corrected chi connectivity index (χ3v) is 3.13. The van der Waals surface area contributed by atoms with E-state index in [0.29, 0.717) is 0 Å². The van der Waals surface area contributed by atoms with Gasteiger partial charge in [-0.15, -0.1) is 12.6 Å². The third-order valence-electron chi connectivity index (χ3n) is 2.69. The van der Waals surface area contributed by atoms with Gasteiger partial charge in [0.25, 0.3) is 0 Å². The molecule has 0 N–H and O–H groups in total. The first-order chi connectivity index (χ1) is 8.31. The molecule has 0 aromatic heterocycles. The standard InChI is InChI=1S/C16H16S/c1-2-6-16(17)15-11-9-14(10-12-15)13-7-4-3-5-8-13/h3-12,17H,2H2,1H3/b16-6-. The minimum atomic E-state index is 1.01. The Bertz CT molecular complexity index is 495. The fourth-order valence-electron chi connectivity index (χ4n) is 1.78. The predicted octanol–water partition coefficient (Wildman–Crippen LogP) is 5.03. The molecule has 0 spiro atoms. The van der Waals surface area contributed by atoms with Crippen LogP contribution in [0.4, 0.5) is 0 Å². The molecular formula is C16H16S. The molecule has 0 nitrogen and oxygen atoms in total. The van der Waals surface area contributed by atoms with Crippen LogP contribution < -0.4 is 0 Å². The SMILES string of the molecule is CC/C=C(\S)c1ccc(-c2ccccc2)cc1. The Morgan fingerprint density at radius 2 is 1.53 bits per heavy atom. The van der Waals surface area contributed by atoms with Gasteiger partial charge < -0.3 is 0 Å². The van der Waals surface area contributed by atoms with Crippen LogP contribution in [0, 0.1) is 0 Å². The Labute approximate surface area is 108 Å². The summed E-state index contributed by atoms with van der Waals surface area (Å²) in [5.41, 5.74) is 3.67. The van der Waals surface area contributed by atoms with Gasteiger partial charge in [0.2, 0.25) is 0 Å². The van der Waals surface area contributed by atoms with Crippen molar-refractivity contribution in [1.29, 1.82) is 0 Å². The van der Waals surface area contributed by atoms with Crippen molar-refractivity contribution in [2.24, 2.45) is 0 Å². The molecule has 0 unspecified atom stereocenters. The van der Waals surface area contributed by atoms with Gasteiger partial charge >= 0.3 is 0 Å². The minimum Gasteiger partial charge on any atom is -0.143 e. The number of thiol groups is 1. The second kappa shape index (κ2) is 5.74. The van der Waals surface area contributed by atoms with Crippen molar-refractivity contribution in [2.75, 3.05) is 0 Å². The molecule has 0 amide bonds. The van der Waals surface area contributed by atoms with Crippen molar-refractivity contribution in [2.45, 2.75) is 13.3 Å². The molecular weight excluding hydrogens is 224 g/mol. The fraction of sp³-hybridized carbons (Fsp3) is 0.125. The quantitative estimate of drug-likeness (QED) is 0.714. The van der Waals surface area contributed by atoms with E-state index in [1.165, 1.54) is 16.7 Å². The molecule has 1 heteroatoms. The van der Waals surface area contributed by atoms with E-state index in [0.717, 1.165) is 11.3 Å². The molecule has 0 aliphatic heterocycles. The summed E-state index contributed by atoms with van der Waals surface area (Å²) >= 11 is 4.48. The average Bonchev–Trinajstić information content (AvgIpc) is 2.40. The molecule has 0 saturated heterocycles. The maximum atomic E-state index is 4.48. The summed E-state index contributed by atoms with van der Waals surface area (Å²) in [6.07, 6.45) is 3.14. The second-order valence-corrected chi connectivity index (χ2v) is 4.42. The van der Waals surface area contributed by atoms with Gasteiger partial charge in [-0.1, -0.05) is 67.6 Å². The van der Waals surface area contributed by atoms with Gasteiger partial charge in [0.05, 0.1) is 0 Å². The average molecular weight is 240 g/mol. The Morgan fingerprint density at radius 1 is 0.941 bits per heavy atom. The molecule has 0 radical (unpaired) electrons. The van der Waals surface area contributed by atoms with Crippen LogP contribution in [0.3, 0.4) is 0 Å².